The van der Waals surface area contributed by atoms with E-state index in [1.54, 1.807) is 0 Å². The maximum atomic E-state index is 9.50. The highest BCUT2D eigenvalue weighted by Gasteiger charge is 2.23. The molecule has 2 atom stereocenters. The lowest BCUT2D eigenvalue weighted by Crippen LogP contribution is -2.43. The Morgan fingerprint density at radius 3 is 2.67 bits per heavy atom. The van der Waals surface area contributed by atoms with Gasteiger partial charge in [0.1, 0.15) is 0 Å². The SMILES string of the molecule is CC(C)CN1CC[C@H](O)[C@@H](C)C1. The van der Waals surface area contributed by atoms with Gasteiger partial charge in [0.25, 0.3) is 0 Å². The van der Waals surface area contributed by atoms with Crippen molar-refractivity contribution in [2.24, 2.45) is 11.8 Å². The van der Waals surface area contributed by atoms with Crippen molar-refractivity contribution >= 4 is 0 Å². The third-order valence-corrected chi connectivity index (χ3v) is 2.57. The summed E-state index contributed by atoms with van der Waals surface area (Å²) < 4.78 is 0. The topological polar surface area (TPSA) is 23.5 Å². The Morgan fingerprint density at radius 1 is 1.50 bits per heavy atom. The molecule has 1 aliphatic rings. The van der Waals surface area contributed by atoms with Crippen LogP contribution in [-0.4, -0.2) is 35.7 Å². The van der Waals surface area contributed by atoms with E-state index in [4.69, 9.17) is 0 Å². The molecule has 1 N–H and O–H groups in total. The number of piperidine rings is 1. The predicted molar refractivity (Wildman–Crippen MR) is 51.1 cm³/mol. The Bertz CT molecular complexity index is 136. The van der Waals surface area contributed by atoms with Crippen molar-refractivity contribution in [1.29, 1.82) is 0 Å². The largest absolute Gasteiger partial charge is 0.393 e. The summed E-state index contributed by atoms with van der Waals surface area (Å²) in [6, 6.07) is 0. The smallest absolute Gasteiger partial charge is 0.0590 e. The van der Waals surface area contributed by atoms with E-state index in [0.29, 0.717) is 5.92 Å². The van der Waals surface area contributed by atoms with Crippen LogP contribution in [0.1, 0.15) is 27.2 Å². The molecule has 72 valence electrons. The van der Waals surface area contributed by atoms with E-state index >= 15 is 0 Å². The maximum Gasteiger partial charge on any atom is 0.0590 e. The van der Waals surface area contributed by atoms with E-state index < -0.39 is 0 Å². The Morgan fingerprint density at radius 2 is 2.17 bits per heavy atom. The number of hydrogen-bond acceptors (Lipinski definition) is 2. The van der Waals surface area contributed by atoms with Crippen LogP contribution < -0.4 is 0 Å². The Labute approximate surface area is 75.6 Å². The van der Waals surface area contributed by atoms with Gasteiger partial charge in [-0.25, -0.2) is 0 Å². The second kappa shape index (κ2) is 4.24. The summed E-state index contributed by atoms with van der Waals surface area (Å²) in [4.78, 5) is 2.46. The molecule has 1 fully saturated rings. The molecule has 0 saturated carbocycles. The molecule has 1 saturated heterocycles. The summed E-state index contributed by atoms with van der Waals surface area (Å²) in [6.07, 6.45) is 0.891. The minimum absolute atomic E-state index is 0.0617. The molecule has 0 radical (unpaired) electrons. The van der Waals surface area contributed by atoms with Crippen LogP contribution in [0.2, 0.25) is 0 Å². The second-order valence-corrected chi connectivity index (χ2v) is 4.49. The third kappa shape index (κ3) is 2.76. The lowest BCUT2D eigenvalue weighted by molar-refractivity contribution is 0.0309. The molecule has 0 aliphatic carbocycles. The van der Waals surface area contributed by atoms with Gasteiger partial charge in [-0.1, -0.05) is 20.8 Å². The van der Waals surface area contributed by atoms with Gasteiger partial charge in [0.05, 0.1) is 6.10 Å². The monoisotopic (exact) mass is 171 g/mol. The van der Waals surface area contributed by atoms with Crippen LogP contribution in [0.4, 0.5) is 0 Å². The van der Waals surface area contributed by atoms with Crippen LogP contribution in [0.25, 0.3) is 0 Å². The molecule has 12 heavy (non-hydrogen) atoms. The summed E-state index contributed by atoms with van der Waals surface area (Å²) in [7, 11) is 0. The van der Waals surface area contributed by atoms with Gasteiger partial charge in [-0.3, -0.25) is 0 Å². The second-order valence-electron chi connectivity index (χ2n) is 4.49. The highest BCUT2D eigenvalue weighted by molar-refractivity contribution is 4.77. The van der Waals surface area contributed by atoms with E-state index in [2.05, 4.69) is 25.7 Å². The molecule has 0 unspecified atom stereocenters. The van der Waals surface area contributed by atoms with Gasteiger partial charge in [-0.2, -0.15) is 0 Å². The highest BCUT2D eigenvalue weighted by Crippen LogP contribution is 2.17. The average Bonchev–Trinajstić information content (AvgIpc) is 1.96. The number of rotatable bonds is 2. The summed E-state index contributed by atoms with van der Waals surface area (Å²) in [5, 5.41) is 9.50. The van der Waals surface area contributed by atoms with Crippen molar-refractivity contribution in [3.8, 4) is 0 Å². The zero-order chi connectivity index (χ0) is 9.14. The van der Waals surface area contributed by atoms with Crippen molar-refractivity contribution in [1.82, 2.24) is 4.90 Å². The number of aliphatic hydroxyl groups excluding tert-OH is 1. The fraction of sp³-hybridized carbons (Fsp3) is 1.00. The lowest BCUT2D eigenvalue weighted by Gasteiger charge is -2.35. The van der Waals surface area contributed by atoms with Crippen molar-refractivity contribution in [3.05, 3.63) is 0 Å². The first-order chi connectivity index (χ1) is 5.59. The standard InChI is InChI=1S/C10H21NO/c1-8(2)6-11-5-4-10(12)9(3)7-11/h8-10,12H,4-7H2,1-3H3/t9-,10-/m0/s1. The van der Waals surface area contributed by atoms with Gasteiger partial charge in [0.15, 0.2) is 0 Å². The van der Waals surface area contributed by atoms with Gasteiger partial charge < -0.3 is 10.0 Å². The third-order valence-electron chi connectivity index (χ3n) is 2.57. The number of hydrogen-bond donors (Lipinski definition) is 1. The lowest BCUT2D eigenvalue weighted by atomic mass is 9.96. The molecule has 0 aromatic carbocycles. The Kier molecular flexibility index (Phi) is 3.53. The molecule has 2 heteroatoms. The van der Waals surface area contributed by atoms with Crippen LogP contribution in [0.3, 0.4) is 0 Å². The normalized spacial score (nSPS) is 32.8. The van der Waals surface area contributed by atoms with E-state index in [1.807, 2.05) is 0 Å². The molecule has 0 aromatic rings. The summed E-state index contributed by atoms with van der Waals surface area (Å²) in [5.74, 6) is 1.20. The minimum atomic E-state index is -0.0617. The molecule has 1 aliphatic heterocycles. The zero-order valence-corrected chi connectivity index (χ0v) is 8.45. The highest BCUT2D eigenvalue weighted by atomic mass is 16.3. The van der Waals surface area contributed by atoms with Crippen LogP contribution in [0.5, 0.6) is 0 Å². The first-order valence-electron chi connectivity index (χ1n) is 5.00. The van der Waals surface area contributed by atoms with Crippen molar-refractivity contribution in [2.45, 2.75) is 33.3 Å². The van der Waals surface area contributed by atoms with Crippen molar-refractivity contribution in [2.75, 3.05) is 19.6 Å². The van der Waals surface area contributed by atoms with Crippen LogP contribution >= 0.6 is 0 Å². The van der Waals surface area contributed by atoms with Crippen LogP contribution in [-0.2, 0) is 0 Å². The van der Waals surface area contributed by atoms with Crippen LogP contribution in [0.15, 0.2) is 0 Å². The van der Waals surface area contributed by atoms with Gasteiger partial charge in [-0.15, -0.1) is 0 Å². The van der Waals surface area contributed by atoms with Crippen molar-refractivity contribution in [3.63, 3.8) is 0 Å². The summed E-state index contributed by atoms with van der Waals surface area (Å²) in [5.41, 5.74) is 0. The van der Waals surface area contributed by atoms with Crippen molar-refractivity contribution < 1.29 is 5.11 Å². The maximum absolute atomic E-state index is 9.50. The van der Waals surface area contributed by atoms with Crippen LogP contribution in [0, 0.1) is 11.8 Å². The molecular formula is C10H21NO. The van der Waals surface area contributed by atoms with Gasteiger partial charge in [0.2, 0.25) is 0 Å². The molecule has 1 heterocycles. The molecular weight excluding hydrogens is 150 g/mol. The molecule has 0 spiro atoms. The van der Waals surface area contributed by atoms with E-state index in [9.17, 15) is 5.11 Å². The molecule has 0 bridgehead atoms. The Balaban J connectivity index is 2.30. The fourth-order valence-electron chi connectivity index (χ4n) is 1.90. The molecule has 0 amide bonds. The summed E-state index contributed by atoms with van der Waals surface area (Å²) >= 11 is 0. The predicted octanol–water partition coefficient (Wildman–Crippen LogP) is 1.35. The number of likely N-dealkylation sites (tertiary alicyclic amines) is 1. The average molecular weight is 171 g/mol. The summed E-state index contributed by atoms with van der Waals surface area (Å²) in [6.45, 7) is 9.95. The van der Waals surface area contributed by atoms with E-state index in [1.165, 1.54) is 6.54 Å². The first kappa shape index (κ1) is 10.0. The number of aliphatic hydroxyl groups is 1. The van der Waals surface area contributed by atoms with Gasteiger partial charge in [0, 0.05) is 19.6 Å². The van der Waals surface area contributed by atoms with E-state index in [0.717, 1.165) is 25.4 Å². The van der Waals surface area contributed by atoms with Gasteiger partial charge in [-0.05, 0) is 18.3 Å². The fourth-order valence-corrected chi connectivity index (χ4v) is 1.90. The first-order valence-corrected chi connectivity index (χ1v) is 5.00. The quantitative estimate of drug-likeness (QED) is 0.678. The molecule has 1 rings (SSSR count). The zero-order valence-electron chi connectivity index (χ0n) is 8.45. The minimum Gasteiger partial charge on any atom is -0.393 e. The Hall–Kier alpha value is -0.0800. The van der Waals surface area contributed by atoms with Gasteiger partial charge >= 0.3 is 0 Å². The molecule has 0 aromatic heterocycles. The van der Waals surface area contributed by atoms with E-state index in [-0.39, 0.29) is 6.10 Å². The number of nitrogens with zero attached hydrogens (tertiary/aromatic N) is 1. The molecule has 2 nitrogen and oxygen atoms in total.